The Labute approximate surface area is 303 Å². The number of rotatable bonds is 7. The molecule has 0 heterocycles. The number of aliphatic hydroxyl groups is 2. The minimum atomic E-state index is -4.62. The molecule has 10 heteroatoms. The van der Waals surface area contributed by atoms with Crippen LogP contribution in [0.15, 0.2) is 90.5 Å². The second-order valence-corrected chi connectivity index (χ2v) is 18.9. The van der Waals surface area contributed by atoms with Crippen molar-refractivity contribution in [2.45, 2.75) is 83.2 Å². The molecule has 6 nitrogen and oxygen atoms in total. The standard InChI is InChI=1S/C42H46F3NO5S/c1-37-17-14-31(47)23-39(37)20-21-41(33(24-39)36(48)28-10-7-12-30(22-28)42(43,44)45)34(37)15-18-38(2)35(41)16-19-40(38,49)26-46(52(3,50)51)25-29-11-6-9-27-8-4-5-13-32(27)29/h4-13,20-22,24,31,34-35,47,49H,14-19,23,25-26H2,1-3H3. The van der Waals surface area contributed by atoms with E-state index in [2.05, 4.69) is 19.1 Å². The van der Waals surface area contributed by atoms with Crippen molar-refractivity contribution in [3.05, 3.63) is 107 Å². The number of benzene rings is 3. The minimum Gasteiger partial charge on any atom is -0.393 e. The minimum absolute atomic E-state index is 0.0384. The number of sulfonamides is 1. The van der Waals surface area contributed by atoms with Crippen LogP contribution in [0.2, 0.25) is 0 Å². The molecule has 0 aromatic heterocycles. The molecule has 52 heavy (non-hydrogen) atoms. The monoisotopic (exact) mass is 733 g/mol. The predicted octanol–water partition coefficient (Wildman–Crippen LogP) is 8.09. The molecule has 2 spiro atoms. The third-order valence-corrected chi connectivity index (χ3v) is 15.7. The number of allylic oxidation sites excluding steroid dienone is 4. The van der Waals surface area contributed by atoms with Gasteiger partial charge >= 0.3 is 6.18 Å². The van der Waals surface area contributed by atoms with Crippen LogP contribution in [-0.2, 0) is 22.7 Å². The summed E-state index contributed by atoms with van der Waals surface area (Å²) >= 11 is 0. The number of carbonyl (C=O) groups excluding carboxylic acids is 1. The van der Waals surface area contributed by atoms with Crippen LogP contribution in [-0.4, -0.2) is 53.2 Å². The molecule has 3 aromatic rings. The summed E-state index contributed by atoms with van der Waals surface area (Å²) in [6, 6.07) is 18.2. The first-order valence-electron chi connectivity index (χ1n) is 18.3. The quantitative estimate of drug-likeness (QED) is 0.189. The number of fused-ring (bicyclic) bond motifs is 2. The number of hydrogen-bond donors (Lipinski definition) is 2. The maximum Gasteiger partial charge on any atom is 0.416 e. The second kappa shape index (κ2) is 11.6. The SMILES string of the molecule is CC12CCC(O)CC13C=CC1(C(C(=O)c4cccc(C(F)(F)F)c4)=C3)C2CCC2(C)C1CCC2(O)CN(Cc1cccc2ccccc12)S(C)(=O)=O. The molecule has 8 unspecified atom stereocenters. The Bertz CT molecular complexity index is 2140. The Hall–Kier alpha value is -3.31. The molecule has 0 aliphatic heterocycles. The van der Waals surface area contributed by atoms with Gasteiger partial charge in [0.25, 0.3) is 0 Å². The highest BCUT2D eigenvalue weighted by atomic mass is 32.2. The molecule has 2 N–H and O–H groups in total. The van der Waals surface area contributed by atoms with Crippen molar-refractivity contribution in [2.75, 3.05) is 12.8 Å². The normalized spacial score (nSPS) is 36.7. The van der Waals surface area contributed by atoms with Crippen molar-refractivity contribution >= 4 is 26.6 Å². The summed E-state index contributed by atoms with van der Waals surface area (Å²) in [5, 5.41) is 25.8. The van der Waals surface area contributed by atoms with E-state index >= 15 is 0 Å². The largest absolute Gasteiger partial charge is 0.416 e. The van der Waals surface area contributed by atoms with Gasteiger partial charge in [0.1, 0.15) is 0 Å². The van der Waals surface area contributed by atoms with Gasteiger partial charge in [-0.1, -0.05) is 86.7 Å². The predicted molar refractivity (Wildman–Crippen MR) is 194 cm³/mol. The number of aliphatic hydroxyl groups excluding tert-OH is 1. The summed E-state index contributed by atoms with van der Waals surface area (Å²) in [7, 11) is -3.79. The lowest BCUT2D eigenvalue weighted by atomic mass is 9.32. The van der Waals surface area contributed by atoms with Crippen LogP contribution >= 0.6 is 0 Å². The van der Waals surface area contributed by atoms with E-state index in [0.717, 1.165) is 34.9 Å². The number of hydrogen-bond acceptors (Lipinski definition) is 5. The van der Waals surface area contributed by atoms with Crippen molar-refractivity contribution in [1.29, 1.82) is 0 Å². The van der Waals surface area contributed by atoms with E-state index in [4.69, 9.17) is 0 Å². The van der Waals surface area contributed by atoms with Gasteiger partial charge in [-0.15, -0.1) is 0 Å². The second-order valence-electron chi connectivity index (χ2n) is 16.9. The molecular weight excluding hydrogens is 688 g/mol. The van der Waals surface area contributed by atoms with Gasteiger partial charge in [-0.05, 0) is 90.7 Å². The van der Waals surface area contributed by atoms with Gasteiger partial charge in [0.05, 0.1) is 23.5 Å². The number of Topliss-reactive ketones (excluding diaryl/α,β-unsaturated/α-hetero) is 1. The zero-order valence-corrected chi connectivity index (χ0v) is 30.6. The molecule has 6 aliphatic carbocycles. The maximum atomic E-state index is 14.8. The Morgan fingerprint density at radius 1 is 0.904 bits per heavy atom. The van der Waals surface area contributed by atoms with Crippen molar-refractivity contribution in [3.8, 4) is 0 Å². The van der Waals surface area contributed by atoms with Gasteiger partial charge in [0.2, 0.25) is 10.0 Å². The first kappa shape index (κ1) is 35.7. The third-order valence-electron chi connectivity index (χ3n) is 14.5. The Morgan fingerprint density at radius 2 is 1.58 bits per heavy atom. The van der Waals surface area contributed by atoms with E-state index in [0.29, 0.717) is 44.1 Å². The third kappa shape index (κ3) is 5.00. The van der Waals surface area contributed by atoms with Gasteiger partial charge < -0.3 is 10.2 Å². The van der Waals surface area contributed by atoms with Gasteiger partial charge in [0, 0.05) is 40.5 Å². The van der Waals surface area contributed by atoms with Gasteiger partial charge in [0.15, 0.2) is 5.78 Å². The van der Waals surface area contributed by atoms with E-state index in [9.17, 15) is 36.6 Å². The van der Waals surface area contributed by atoms with Gasteiger partial charge in [-0.25, -0.2) is 8.42 Å². The zero-order valence-electron chi connectivity index (χ0n) is 29.8. The molecule has 9 rings (SSSR count). The lowest BCUT2D eigenvalue weighted by Gasteiger charge is -2.71. The molecule has 2 bridgehead atoms. The molecule has 8 atom stereocenters. The molecule has 3 saturated carbocycles. The van der Waals surface area contributed by atoms with Crippen molar-refractivity contribution < 1.29 is 36.6 Å². The first-order chi connectivity index (χ1) is 24.4. The summed E-state index contributed by atoms with van der Waals surface area (Å²) < 4.78 is 70.0. The van der Waals surface area contributed by atoms with Crippen molar-refractivity contribution in [3.63, 3.8) is 0 Å². The van der Waals surface area contributed by atoms with Gasteiger partial charge in [-0.2, -0.15) is 17.5 Å². The average Bonchev–Trinajstić information content (AvgIpc) is 3.37. The van der Waals surface area contributed by atoms with E-state index in [1.54, 1.807) is 0 Å². The van der Waals surface area contributed by atoms with E-state index in [1.165, 1.54) is 22.7 Å². The van der Waals surface area contributed by atoms with E-state index < -0.39 is 55.5 Å². The number of ketones is 1. The fourth-order valence-corrected chi connectivity index (χ4v) is 12.6. The highest BCUT2D eigenvalue weighted by Gasteiger charge is 2.74. The van der Waals surface area contributed by atoms with Crippen LogP contribution < -0.4 is 0 Å². The molecule has 3 aromatic carbocycles. The topological polar surface area (TPSA) is 94.9 Å². The van der Waals surface area contributed by atoms with E-state index in [1.807, 2.05) is 55.5 Å². The number of alkyl halides is 3. The summed E-state index contributed by atoms with van der Waals surface area (Å²) in [6.45, 7) is 4.22. The zero-order chi connectivity index (χ0) is 37.1. The summed E-state index contributed by atoms with van der Waals surface area (Å²) in [6.07, 6.45) is 6.03. The van der Waals surface area contributed by atoms with Gasteiger partial charge in [-0.3, -0.25) is 4.79 Å². The van der Waals surface area contributed by atoms with Crippen LogP contribution in [0.25, 0.3) is 10.8 Å². The molecule has 0 saturated heterocycles. The van der Waals surface area contributed by atoms with Crippen LogP contribution in [0, 0.1) is 33.5 Å². The molecule has 3 fully saturated rings. The lowest BCUT2D eigenvalue weighted by Crippen LogP contribution is -2.67. The average molecular weight is 734 g/mol. The molecule has 0 amide bonds. The first-order valence-corrected chi connectivity index (χ1v) is 20.2. The van der Waals surface area contributed by atoms with E-state index in [-0.39, 0.29) is 35.9 Å². The van der Waals surface area contributed by atoms with Crippen LogP contribution in [0.3, 0.4) is 0 Å². The maximum absolute atomic E-state index is 14.8. The molecule has 276 valence electrons. The van der Waals surface area contributed by atoms with Crippen molar-refractivity contribution in [1.82, 2.24) is 4.31 Å². The molecule has 0 radical (unpaired) electrons. The fourth-order valence-electron chi connectivity index (χ4n) is 11.8. The summed E-state index contributed by atoms with van der Waals surface area (Å²) in [4.78, 5) is 14.8. The highest BCUT2D eigenvalue weighted by molar-refractivity contribution is 7.88. The van der Waals surface area contributed by atoms with Crippen LogP contribution in [0.4, 0.5) is 13.2 Å². The lowest BCUT2D eigenvalue weighted by molar-refractivity contribution is -0.173. The van der Waals surface area contributed by atoms with Crippen molar-refractivity contribution in [2.24, 2.45) is 33.5 Å². The molecular formula is C42H46F3NO5S. The fraction of sp³-hybridized carbons (Fsp3) is 0.500. The summed E-state index contributed by atoms with van der Waals surface area (Å²) in [5.41, 5.74) is -3.79. The van der Waals surface area contributed by atoms with Crippen LogP contribution in [0.5, 0.6) is 0 Å². The summed E-state index contributed by atoms with van der Waals surface area (Å²) in [5.74, 6) is -0.813. The Kier molecular flexibility index (Phi) is 7.96. The Balaban J connectivity index is 1.22. The smallest absolute Gasteiger partial charge is 0.393 e. The number of nitrogens with zero attached hydrogens (tertiary/aromatic N) is 1. The highest BCUT2D eigenvalue weighted by Crippen LogP contribution is 2.78. The number of halogens is 3. The number of carbonyl (C=O) groups is 1. The molecule has 6 aliphatic rings. The Morgan fingerprint density at radius 3 is 2.33 bits per heavy atom. The van der Waals surface area contributed by atoms with Crippen LogP contribution in [0.1, 0.15) is 80.3 Å².